The maximum atomic E-state index is 12.9. The average molecular weight is 266 g/mol. The Hall–Kier alpha value is -1.62. The van der Waals surface area contributed by atoms with Crippen LogP contribution in [0.3, 0.4) is 0 Å². The number of anilines is 1. The van der Waals surface area contributed by atoms with Gasteiger partial charge in [-0.15, -0.1) is 0 Å². The molecule has 3 N–H and O–H groups in total. The predicted octanol–water partition coefficient (Wildman–Crippen LogP) is 2.05. The molecule has 2 rings (SSSR count). The number of carbonyl (C=O) groups excluding carboxylic acids is 1. The van der Waals surface area contributed by atoms with Crippen molar-refractivity contribution in [2.75, 3.05) is 5.32 Å². The van der Waals surface area contributed by atoms with Gasteiger partial charge >= 0.3 is 0 Å². The van der Waals surface area contributed by atoms with Gasteiger partial charge in [0, 0.05) is 18.5 Å². The summed E-state index contributed by atoms with van der Waals surface area (Å²) >= 11 is 0. The molecule has 0 radical (unpaired) electrons. The molecule has 2 unspecified atom stereocenters. The Morgan fingerprint density at radius 2 is 1.84 bits per heavy atom. The summed E-state index contributed by atoms with van der Waals surface area (Å²) in [7, 11) is 0. The number of primary amides is 1. The van der Waals surface area contributed by atoms with Crippen molar-refractivity contribution in [3.05, 3.63) is 30.1 Å². The van der Waals surface area contributed by atoms with E-state index in [4.69, 9.17) is 10.5 Å². The lowest BCUT2D eigenvalue weighted by Gasteiger charge is -2.41. The first-order valence-corrected chi connectivity index (χ1v) is 6.40. The zero-order valence-electron chi connectivity index (χ0n) is 11.2. The van der Waals surface area contributed by atoms with Crippen LogP contribution < -0.4 is 11.1 Å². The molecular formula is C14H19FN2O2. The first kappa shape index (κ1) is 13.8. The number of ether oxygens (including phenoxy) is 1. The number of rotatable bonds is 3. The molecule has 0 aromatic heterocycles. The lowest BCUT2D eigenvalue weighted by atomic mass is 9.83. The van der Waals surface area contributed by atoms with Crippen molar-refractivity contribution >= 4 is 11.6 Å². The molecule has 0 bridgehead atoms. The summed E-state index contributed by atoms with van der Waals surface area (Å²) in [5, 5.41) is 3.16. The zero-order chi connectivity index (χ0) is 14.0. The van der Waals surface area contributed by atoms with E-state index in [1.165, 1.54) is 12.1 Å². The van der Waals surface area contributed by atoms with Crippen molar-refractivity contribution in [3.63, 3.8) is 0 Å². The Morgan fingerprint density at radius 3 is 2.32 bits per heavy atom. The second-order valence-corrected chi connectivity index (χ2v) is 5.24. The standard InChI is InChI=1S/C14H19FN2O2/c1-9-7-14(13(16)18,8-10(2)19-9)17-12-5-3-11(15)4-6-12/h3-6,9-10,17H,7-8H2,1-2H3,(H2,16,18). The second-order valence-electron chi connectivity index (χ2n) is 5.24. The molecule has 1 aliphatic heterocycles. The SMILES string of the molecule is CC1CC(Nc2ccc(F)cc2)(C(N)=O)CC(C)O1. The van der Waals surface area contributed by atoms with E-state index in [0.29, 0.717) is 18.5 Å². The molecule has 1 aliphatic rings. The van der Waals surface area contributed by atoms with Crippen molar-refractivity contribution in [3.8, 4) is 0 Å². The van der Waals surface area contributed by atoms with Crippen LogP contribution in [0.2, 0.25) is 0 Å². The number of hydrogen-bond donors (Lipinski definition) is 2. The molecule has 5 heteroatoms. The minimum absolute atomic E-state index is 0.0517. The Bertz CT molecular complexity index is 451. The van der Waals surface area contributed by atoms with E-state index in [1.54, 1.807) is 12.1 Å². The van der Waals surface area contributed by atoms with Gasteiger partial charge in [-0.25, -0.2) is 4.39 Å². The van der Waals surface area contributed by atoms with Gasteiger partial charge in [-0.1, -0.05) is 0 Å². The number of carbonyl (C=O) groups is 1. The quantitative estimate of drug-likeness (QED) is 0.880. The third-order valence-electron chi connectivity index (χ3n) is 3.44. The molecule has 1 saturated heterocycles. The molecule has 1 fully saturated rings. The smallest absolute Gasteiger partial charge is 0.243 e. The highest BCUT2D eigenvalue weighted by atomic mass is 19.1. The monoisotopic (exact) mass is 266 g/mol. The van der Waals surface area contributed by atoms with Gasteiger partial charge in [0.15, 0.2) is 0 Å². The molecule has 2 atom stereocenters. The van der Waals surface area contributed by atoms with Crippen LogP contribution in [0.25, 0.3) is 0 Å². The summed E-state index contributed by atoms with van der Waals surface area (Å²) < 4.78 is 18.5. The topological polar surface area (TPSA) is 64.3 Å². The van der Waals surface area contributed by atoms with E-state index in [0.717, 1.165) is 0 Å². The molecule has 0 spiro atoms. The molecule has 1 aromatic carbocycles. The molecule has 4 nitrogen and oxygen atoms in total. The molecule has 1 aromatic rings. The summed E-state index contributed by atoms with van der Waals surface area (Å²) in [6.45, 7) is 3.83. The molecule has 19 heavy (non-hydrogen) atoms. The highest BCUT2D eigenvalue weighted by Gasteiger charge is 2.43. The second kappa shape index (κ2) is 5.17. The highest BCUT2D eigenvalue weighted by Crippen LogP contribution is 2.32. The largest absolute Gasteiger partial charge is 0.375 e. The maximum absolute atomic E-state index is 12.9. The van der Waals surface area contributed by atoms with Crippen molar-refractivity contribution in [1.29, 1.82) is 0 Å². The van der Waals surface area contributed by atoms with E-state index in [1.807, 2.05) is 13.8 Å². The fraction of sp³-hybridized carbons (Fsp3) is 0.500. The number of nitrogens with two attached hydrogens (primary N) is 1. The van der Waals surface area contributed by atoms with E-state index in [-0.39, 0.29) is 18.0 Å². The average Bonchev–Trinajstić information content (AvgIpc) is 2.30. The minimum Gasteiger partial charge on any atom is -0.375 e. The Labute approximate surface area is 112 Å². The summed E-state index contributed by atoms with van der Waals surface area (Å²) in [5.41, 5.74) is 5.42. The van der Waals surface area contributed by atoms with Gasteiger partial charge in [0.25, 0.3) is 0 Å². The van der Waals surface area contributed by atoms with Gasteiger partial charge < -0.3 is 15.8 Å². The van der Waals surface area contributed by atoms with Crippen LogP contribution in [0.15, 0.2) is 24.3 Å². The van der Waals surface area contributed by atoms with Gasteiger partial charge in [-0.05, 0) is 38.1 Å². The Balaban J connectivity index is 2.24. The van der Waals surface area contributed by atoms with E-state index < -0.39 is 11.4 Å². The Morgan fingerprint density at radius 1 is 1.32 bits per heavy atom. The van der Waals surface area contributed by atoms with Crippen LogP contribution in [0.1, 0.15) is 26.7 Å². The summed E-state index contributed by atoms with van der Waals surface area (Å²) in [6.07, 6.45) is 0.905. The zero-order valence-corrected chi connectivity index (χ0v) is 11.2. The molecular weight excluding hydrogens is 247 g/mol. The minimum atomic E-state index is -0.838. The van der Waals surface area contributed by atoms with Gasteiger partial charge in [0.05, 0.1) is 12.2 Å². The van der Waals surface area contributed by atoms with Crippen LogP contribution in [0.4, 0.5) is 10.1 Å². The normalized spacial score (nSPS) is 30.9. The van der Waals surface area contributed by atoms with Crippen LogP contribution in [-0.2, 0) is 9.53 Å². The third kappa shape index (κ3) is 3.04. The predicted molar refractivity (Wildman–Crippen MR) is 71.2 cm³/mol. The van der Waals surface area contributed by atoms with Gasteiger partial charge in [-0.3, -0.25) is 4.79 Å². The van der Waals surface area contributed by atoms with E-state index >= 15 is 0 Å². The summed E-state index contributed by atoms with van der Waals surface area (Å²) in [6, 6.07) is 5.90. The number of nitrogens with one attached hydrogen (secondary N) is 1. The fourth-order valence-corrected chi connectivity index (χ4v) is 2.73. The lowest BCUT2D eigenvalue weighted by molar-refractivity contribution is -0.131. The summed E-state index contributed by atoms with van der Waals surface area (Å²) in [4.78, 5) is 11.9. The van der Waals surface area contributed by atoms with E-state index in [2.05, 4.69) is 5.32 Å². The first-order valence-electron chi connectivity index (χ1n) is 6.40. The first-order chi connectivity index (χ1) is 8.91. The van der Waals surface area contributed by atoms with Crippen LogP contribution >= 0.6 is 0 Å². The summed E-state index contributed by atoms with van der Waals surface area (Å²) in [5.74, 6) is -0.716. The third-order valence-corrected chi connectivity index (χ3v) is 3.44. The number of halogens is 1. The van der Waals surface area contributed by atoms with Crippen molar-refractivity contribution < 1.29 is 13.9 Å². The van der Waals surface area contributed by atoms with Crippen LogP contribution in [0, 0.1) is 5.82 Å². The van der Waals surface area contributed by atoms with Gasteiger partial charge in [0.1, 0.15) is 11.4 Å². The molecule has 0 aliphatic carbocycles. The molecule has 104 valence electrons. The van der Waals surface area contributed by atoms with Crippen LogP contribution in [-0.4, -0.2) is 23.7 Å². The van der Waals surface area contributed by atoms with Crippen molar-refractivity contribution in [1.82, 2.24) is 0 Å². The molecule has 1 amide bonds. The number of benzene rings is 1. The van der Waals surface area contributed by atoms with Gasteiger partial charge in [-0.2, -0.15) is 0 Å². The number of hydrogen-bond acceptors (Lipinski definition) is 3. The molecule has 1 heterocycles. The Kier molecular flexibility index (Phi) is 3.75. The maximum Gasteiger partial charge on any atom is 0.243 e. The lowest BCUT2D eigenvalue weighted by Crippen LogP contribution is -2.57. The van der Waals surface area contributed by atoms with Crippen molar-refractivity contribution in [2.45, 2.75) is 44.4 Å². The highest BCUT2D eigenvalue weighted by molar-refractivity contribution is 5.88. The fourth-order valence-electron chi connectivity index (χ4n) is 2.73. The van der Waals surface area contributed by atoms with Gasteiger partial charge in [0.2, 0.25) is 5.91 Å². The molecule has 0 saturated carbocycles. The van der Waals surface area contributed by atoms with Crippen molar-refractivity contribution in [2.24, 2.45) is 5.73 Å². The van der Waals surface area contributed by atoms with Crippen LogP contribution in [0.5, 0.6) is 0 Å². The number of amides is 1. The van der Waals surface area contributed by atoms with E-state index in [9.17, 15) is 9.18 Å².